The van der Waals surface area contributed by atoms with E-state index in [1.165, 1.54) is 30.4 Å². The van der Waals surface area contributed by atoms with Gasteiger partial charge in [-0.1, -0.05) is 12.1 Å². The molecule has 4 rings (SSSR count). The average Bonchev–Trinajstić information content (AvgIpc) is 3.17. The van der Waals surface area contributed by atoms with Crippen LogP contribution in [-0.2, 0) is 4.79 Å². The molecule has 6 nitrogen and oxygen atoms in total. The van der Waals surface area contributed by atoms with Crippen molar-refractivity contribution < 1.29 is 4.79 Å². The summed E-state index contributed by atoms with van der Waals surface area (Å²) < 4.78 is 1.80. The van der Waals surface area contributed by atoms with Crippen LogP contribution >= 0.6 is 0 Å². The predicted molar refractivity (Wildman–Crippen MR) is 84.0 cm³/mol. The van der Waals surface area contributed by atoms with Gasteiger partial charge in [-0.15, -0.1) is 0 Å². The number of carbonyl (C=O) groups is 1. The van der Waals surface area contributed by atoms with Gasteiger partial charge in [-0.25, -0.2) is 4.68 Å². The Morgan fingerprint density at radius 2 is 2.09 bits per heavy atom. The summed E-state index contributed by atoms with van der Waals surface area (Å²) in [5.74, 6) is 0.522. The van der Waals surface area contributed by atoms with Gasteiger partial charge in [0.05, 0.1) is 12.5 Å². The van der Waals surface area contributed by atoms with Crippen molar-refractivity contribution >= 4 is 17.5 Å². The van der Waals surface area contributed by atoms with Gasteiger partial charge < -0.3 is 4.90 Å². The van der Waals surface area contributed by atoms with Gasteiger partial charge in [0.2, 0.25) is 11.9 Å². The lowest BCUT2D eigenvalue weighted by Crippen LogP contribution is -2.29. The van der Waals surface area contributed by atoms with Crippen LogP contribution in [0.4, 0.5) is 11.6 Å². The van der Waals surface area contributed by atoms with Gasteiger partial charge in [0.15, 0.2) is 0 Å². The maximum absolute atomic E-state index is 11.9. The minimum Gasteiger partial charge on any atom is -0.371 e. The van der Waals surface area contributed by atoms with E-state index in [1.807, 2.05) is 0 Å². The fraction of sp³-hybridized carbons (Fsp3) is 0.438. The fourth-order valence-corrected chi connectivity index (χ4v) is 3.46. The predicted octanol–water partition coefficient (Wildman–Crippen LogP) is 2.12. The van der Waals surface area contributed by atoms with Crippen LogP contribution in [0.2, 0.25) is 0 Å². The van der Waals surface area contributed by atoms with Gasteiger partial charge in [-0.2, -0.15) is 10.1 Å². The van der Waals surface area contributed by atoms with Gasteiger partial charge in [0, 0.05) is 18.8 Å². The zero-order valence-corrected chi connectivity index (χ0v) is 12.6. The van der Waals surface area contributed by atoms with Crippen LogP contribution in [0.5, 0.6) is 0 Å². The molecule has 1 N–H and O–H groups in total. The number of hydrogen-bond acceptors (Lipinski definition) is 4. The summed E-state index contributed by atoms with van der Waals surface area (Å²) >= 11 is 0. The van der Waals surface area contributed by atoms with Crippen LogP contribution in [0.3, 0.4) is 0 Å². The first-order valence-corrected chi connectivity index (χ1v) is 7.77. The van der Waals surface area contributed by atoms with Gasteiger partial charge in [-0.3, -0.25) is 10.1 Å². The number of nitrogens with one attached hydrogen (secondary N) is 1. The summed E-state index contributed by atoms with van der Waals surface area (Å²) in [4.78, 5) is 18.4. The quantitative estimate of drug-likeness (QED) is 0.922. The molecule has 3 heterocycles. The lowest BCUT2D eigenvalue weighted by atomic mass is 9.99. The number of rotatable bonds is 2. The van der Waals surface area contributed by atoms with E-state index in [4.69, 9.17) is 0 Å². The molecule has 1 fully saturated rings. The number of carbonyl (C=O) groups excluding carboxylic acids is 1. The first-order chi connectivity index (χ1) is 10.7. The standard InChI is InChI=1S/C16H19N5O/c1-11-8-12(4-5-13(11)20-6-2-3-7-20)14-9-15(22)19-16-17-10-18-21(14)16/h4-5,8,10,14H,2-3,6-7,9H2,1H3,(H,17,18,19,22)/t14-/m1/s1. The highest BCUT2D eigenvalue weighted by atomic mass is 16.2. The van der Waals surface area contributed by atoms with Gasteiger partial charge in [0.1, 0.15) is 6.33 Å². The summed E-state index contributed by atoms with van der Waals surface area (Å²) in [5.41, 5.74) is 3.68. The number of hydrogen-bond donors (Lipinski definition) is 1. The van der Waals surface area contributed by atoms with E-state index in [0.29, 0.717) is 12.4 Å². The van der Waals surface area contributed by atoms with E-state index >= 15 is 0 Å². The number of aromatic nitrogens is 3. The number of fused-ring (bicyclic) bond motifs is 1. The van der Waals surface area contributed by atoms with E-state index in [2.05, 4.69) is 45.4 Å². The molecule has 2 aliphatic heterocycles. The SMILES string of the molecule is Cc1cc([C@H]2CC(=O)Nc3ncnn32)ccc1N1CCCC1. The Labute approximate surface area is 129 Å². The molecule has 1 aromatic heterocycles. The maximum atomic E-state index is 11.9. The van der Waals surface area contributed by atoms with Crippen LogP contribution in [-0.4, -0.2) is 33.8 Å². The van der Waals surface area contributed by atoms with Crippen molar-refractivity contribution in [3.05, 3.63) is 35.7 Å². The van der Waals surface area contributed by atoms with Crippen molar-refractivity contribution in [2.75, 3.05) is 23.3 Å². The zero-order chi connectivity index (χ0) is 15.1. The molecular formula is C16H19N5O. The van der Waals surface area contributed by atoms with Gasteiger partial charge >= 0.3 is 0 Å². The van der Waals surface area contributed by atoms with Gasteiger partial charge in [0.25, 0.3) is 0 Å². The Hall–Kier alpha value is -2.37. The zero-order valence-electron chi connectivity index (χ0n) is 12.6. The van der Waals surface area contributed by atoms with E-state index in [0.717, 1.165) is 18.7 Å². The molecule has 0 radical (unpaired) electrons. The smallest absolute Gasteiger partial charge is 0.229 e. The van der Waals surface area contributed by atoms with E-state index < -0.39 is 0 Å². The third-order valence-corrected chi connectivity index (χ3v) is 4.55. The lowest BCUT2D eigenvalue weighted by Gasteiger charge is -2.26. The highest BCUT2D eigenvalue weighted by Crippen LogP contribution is 2.32. The monoisotopic (exact) mass is 297 g/mol. The summed E-state index contributed by atoms with van der Waals surface area (Å²) in [5, 5.41) is 7.01. The Balaban J connectivity index is 1.69. The molecule has 0 unspecified atom stereocenters. The largest absolute Gasteiger partial charge is 0.371 e. The summed E-state index contributed by atoms with van der Waals surface area (Å²) in [6, 6.07) is 6.41. The number of nitrogens with zero attached hydrogens (tertiary/aromatic N) is 4. The molecule has 1 atom stereocenters. The highest BCUT2D eigenvalue weighted by molar-refractivity contribution is 5.91. The van der Waals surface area contributed by atoms with Crippen molar-refractivity contribution in [2.45, 2.75) is 32.2 Å². The molecule has 114 valence electrons. The van der Waals surface area contributed by atoms with Crippen molar-refractivity contribution in [1.29, 1.82) is 0 Å². The molecule has 6 heteroatoms. The molecule has 0 bridgehead atoms. The molecule has 1 saturated heterocycles. The summed E-state index contributed by atoms with van der Waals surface area (Å²) in [6.45, 7) is 4.42. The second kappa shape index (κ2) is 5.12. The fourth-order valence-electron chi connectivity index (χ4n) is 3.46. The topological polar surface area (TPSA) is 63.1 Å². The first-order valence-electron chi connectivity index (χ1n) is 7.77. The number of benzene rings is 1. The maximum Gasteiger partial charge on any atom is 0.229 e. The van der Waals surface area contributed by atoms with Crippen molar-refractivity contribution in [2.24, 2.45) is 0 Å². The van der Waals surface area contributed by atoms with Crippen LogP contribution in [0.25, 0.3) is 0 Å². The van der Waals surface area contributed by atoms with Crippen LogP contribution in [0.1, 0.15) is 36.4 Å². The van der Waals surface area contributed by atoms with Crippen LogP contribution < -0.4 is 10.2 Å². The Kier molecular flexibility index (Phi) is 3.10. The van der Waals surface area contributed by atoms with Crippen LogP contribution in [0, 0.1) is 6.92 Å². The number of anilines is 2. The number of aryl methyl sites for hydroxylation is 1. The molecule has 0 spiro atoms. The molecular weight excluding hydrogens is 278 g/mol. The molecule has 0 aliphatic carbocycles. The molecule has 0 saturated carbocycles. The second-order valence-electron chi connectivity index (χ2n) is 6.04. The Morgan fingerprint density at radius 3 is 2.86 bits per heavy atom. The van der Waals surface area contributed by atoms with Crippen molar-refractivity contribution in [3.8, 4) is 0 Å². The van der Waals surface area contributed by atoms with Crippen LogP contribution in [0.15, 0.2) is 24.5 Å². The molecule has 2 aliphatic rings. The Bertz CT molecular complexity index is 717. The highest BCUT2D eigenvalue weighted by Gasteiger charge is 2.28. The minimum absolute atomic E-state index is 0.00762. The lowest BCUT2D eigenvalue weighted by molar-refractivity contribution is -0.117. The van der Waals surface area contributed by atoms with E-state index in [1.54, 1.807) is 4.68 Å². The third kappa shape index (κ3) is 2.15. The molecule has 2 aromatic rings. The van der Waals surface area contributed by atoms with E-state index in [-0.39, 0.29) is 11.9 Å². The van der Waals surface area contributed by atoms with Crippen molar-refractivity contribution in [3.63, 3.8) is 0 Å². The number of amides is 1. The normalized spacial score (nSPS) is 20.9. The Morgan fingerprint density at radius 1 is 1.27 bits per heavy atom. The first kappa shape index (κ1) is 13.3. The molecule has 1 aromatic carbocycles. The molecule has 22 heavy (non-hydrogen) atoms. The third-order valence-electron chi connectivity index (χ3n) is 4.55. The summed E-state index contributed by atoms with van der Waals surface area (Å²) in [6.07, 6.45) is 4.43. The summed E-state index contributed by atoms with van der Waals surface area (Å²) in [7, 11) is 0. The molecule has 1 amide bonds. The second-order valence-corrected chi connectivity index (χ2v) is 6.04. The van der Waals surface area contributed by atoms with Gasteiger partial charge in [-0.05, 0) is 37.0 Å². The minimum atomic E-state index is -0.0717. The van der Waals surface area contributed by atoms with Crippen molar-refractivity contribution in [1.82, 2.24) is 14.8 Å². The van der Waals surface area contributed by atoms with E-state index in [9.17, 15) is 4.79 Å². The average molecular weight is 297 g/mol.